The molecule has 0 amide bonds. The van der Waals surface area contributed by atoms with Crippen LogP contribution in [0, 0.1) is 6.92 Å². The van der Waals surface area contributed by atoms with E-state index in [9.17, 15) is 0 Å². The molecule has 0 saturated carbocycles. The summed E-state index contributed by atoms with van der Waals surface area (Å²) in [6.07, 6.45) is 7.86. The van der Waals surface area contributed by atoms with E-state index in [4.69, 9.17) is 23.2 Å². The molecule has 21 heavy (non-hydrogen) atoms. The minimum absolute atomic E-state index is 0.655. The Morgan fingerprint density at radius 3 is 2.76 bits per heavy atom. The highest BCUT2D eigenvalue weighted by atomic mass is 35.5. The predicted molar refractivity (Wildman–Crippen MR) is 88.0 cm³/mol. The molecule has 3 aromatic rings. The smallest absolute Gasteiger partial charge is 0.0485 e. The number of pyridine rings is 1. The lowest BCUT2D eigenvalue weighted by Crippen LogP contribution is -1.97. The van der Waals surface area contributed by atoms with Crippen LogP contribution in [0.25, 0.3) is 11.1 Å². The zero-order valence-corrected chi connectivity index (χ0v) is 13.1. The van der Waals surface area contributed by atoms with Crippen molar-refractivity contribution in [3.8, 4) is 11.1 Å². The van der Waals surface area contributed by atoms with Gasteiger partial charge < -0.3 is 4.57 Å². The third-order valence-corrected chi connectivity index (χ3v) is 4.06. The lowest BCUT2D eigenvalue weighted by atomic mass is 10.1. The highest BCUT2D eigenvalue weighted by Gasteiger charge is 2.06. The van der Waals surface area contributed by atoms with Gasteiger partial charge in [0.25, 0.3) is 0 Å². The third kappa shape index (κ3) is 3.12. The van der Waals surface area contributed by atoms with Gasteiger partial charge in [0.15, 0.2) is 0 Å². The van der Waals surface area contributed by atoms with E-state index >= 15 is 0 Å². The molecule has 0 saturated heterocycles. The molecular weight excluding hydrogens is 303 g/mol. The summed E-state index contributed by atoms with van der Waals surface area (Å²) >= 11 is 12.1. The summed E-state index contributed by atoms with van der Waals surface area (Å²) in [6, 6.07) is 9.70. The normalized spacial score (nSPS) is 10.8. The Bertz CT molecular complexity index is 778. The van der Waals surface area contributed by atoms with Gasteiger partial charge in [-0.3, -0.25) is 4.98 Å². The molecule has 3 rings (SSSR count). The van der Waals surface area contributed by atoms with Crippen molar-refractivity contribution in [1.82, 2.24) is 9.55 Å². The average Bonchev–Trinajstić information content (AvgIpc) is 2.91. The molecule has 2 aromatic heterocycles. The van der Waals surface area contributed by atoms with E-state index in [0.717, 1.165) is 23.2 Å². The molecule has 0 aliphatic rings. The first-order valence-corrected chi connectivity index (χ1v) is 7.40. The number of aromatic nitrogens is 2. The Labute approximate surface area is 134 Å². The minimum Gasteiger partial charge on any atom is -0.349 e. The molecule has 2 nitrogen and oxygen atoms in total. The van der Waals surface area contributed by atoms with Crippen molar-refractivity contribution in [2.24, 2.45) is 0 Å². The number of benzene rings is 1. The van der Waals surface area contributed by atoms with Gasteiger partial charge in [0.05, 0.1) is 0 Å². The van der Waals surface area contributed by atoms with Crippen molar-refractivity contribution in [3.05, 3.63) is 76.3 Å². The number of aryl methyl sites for hydroxylation is 1. The van der Waals surface area contributed by atoms with Crippen molar-refractivity contribution < 1.29 is 0 Å². The van der Waals surface area contributed by atoms with Gasteiger partial charge in [0.1, 0.15) is 0 Å². The standard InChI is InChI=1S/C17H14Cl2N2/c1-12-4-6-20-9-16(12)13-5-7-21(10-13)11-14-2-3-15(18)8-17(14)19/h2-10H,11H2,1H3. The summed E-state index contributed by atoms with van der Waals surface area (Å²) in [7, 11) is 0. The molecule has 0 N–H and O–H groups in total. The maximum absolute atomic E-state index is 6.22. The van der Waals surface area contributed by atoms with Crippen molar-refractivity contribution >= 4 is 23.2 Å². The van der Waals surface area contributed by atoms with E-state index < -0.39 is 0 Å². The Hall–Kier alpha value is -1.77. The largest absolute Gasteiger partial charge is 0.349 e. The highest BCUT2D eigenvalue weighted by Crippen LogP contribution is 2.25. The van der Waals surface area contributed by atoms with Crippen LogP contribution >= 0.6 is 23.2 Å². The molecule has 0 unspecified atom stereocenters. The lowest BCUT2D eigenvalue weighted by molar-refractivity contribution is 0.807. The van der Waals surface area contributed by atoms with Crippen LogP contribution in [0.15, 0.2) is 55.1 Å². The Morgan fingerprint density at radius 1 is 1.14 bits per heavy atom. The molecule has 0 fully saturated rings. The SMILES string of the molecule is Cc1ccncc1-c1ccn(Cc2ccc(Cl)cc2Cl)c1. The molecule has 1 aromatic carbocycles. The van der Waals surface area contributed by atoms with Crippen LogP contribution in [0.4, 0.5) is 0 Å². The Kier molecular flexibility index (Phi) is 4.00. The second kappa shape index (κ2) is 5.92. The van der Waals surface area contributed by atoms with Crippen LogP contribution in [0.5, 0.6) is 0 Å². The molecular formula is C17H14Cl2N2. The summed E-state index contributed by atoms with van der Waals surface area (Å²) in [5.41, 5.74) is 4.57. The van der Waals surface area contributed by atoms with Crippen LogP contribution in [-0.2, 0) is 6.54 Å². The van der Waals surface area contributed by atoms with Crippen LogP contribution in [0.2, 0.25) is 10.0 Å². The van der Waals surface area contributed by atoms with Gasteiger partial charge >= 0.3 is 0 Å². The molecule has 0 aliphatic carbocycles. The summed E-state index contributed by atoms with van der Waals surface area (Å²) in [4.78, 5) is 4.19. The van der Waals surface area contributed by atoms with Crippen molar-refractivity contribution in [2.75, 3.05) is 0 Å². The number of halogens is 2. The summed E-state index contributed by atoms with van der Waals surface area (Å²) in [6.45, 7) is 2.81. The van der Waals surface area contributed by atoms with Crippen molar-refractivity contribution in [2.45, 2.75) is 13.5 Å². The molecule has 0 radical (unpaired) electrons. The molecule has 0 atom stereocenters. The minimum atomic E-state index is 0.655. The van der Waals surface area contributed by atoms with Crippen LogP contribution < -0.4 is 0 Å². The molecule has 0 spiro atoms. The molecule has 106 valence electrons. The first-order valence-electron chi connectivity index (χ1n) is 6.64. The van der Waals surface area contributed by atoms with Crippen LogP contribution in [0.3, 0.4) is 0 Å². The summed E-state index contributed by atoms with van der Waals surface area (Å²) in [5, 5.41) is 1.35. The van der Waals surface area contributed by atoms with Crippen molar-refractivity contribution in [3.63, 3.8) is 0 Å². The van der Waals surface area contributed by atoms with Crippen molar-refractivity contribution in [1.29, 1.82) is 0 Å². The molecule has 4 heteroatoms. The van der Waals surface area contributed by atoms with Gasteiger partial charge in [0.2, 0.25) is 0 Å². The van der Waals surface area contributed by atoms with Gasteiger partial charge in [0, 0.05) is 52.5 Å². The van der Waals surface area contributed by atoms with Gasteiger partial charge in [-0.05, 0) is 42.3 Å². The zero-order valence-electron chi connectivity index (χ0n) is 11.6. The van der Waals surface area contributed by atoms with E-state index in [1.807, 2.05) is 36.8 Å². The maximum Gasteiger partial charge on any atom is 0.0485 e. The summed E-state index contributed by atoms with van der Waals surface area (Å²) in [5.74, 6) is 0. The van der Waals surface area contributed by atoms with Crippen LogP contribution in [0.1, 0.15) is 11.1 Å². The van der Waals surface area contributed by atoms with E-state index in [1.54, 1.807) is 6.07 Å². The molecule has 2 heterocycles. The molecule has 0 aliphatic heterocycles. The van der Waals surface area contributed by atoms with E-state index in [-0.39, 0.29) is 0 Å². The van der Waals surface area contributed by atoms with Crippen LogP contribution in [-0.4, -0.2) is 9.55 Å². The number of rotatable bonds is 3. The van der Waals surface area contributed by atoms with E-state index in [1.165, 1.54) is 5.56 Å². The van der Waals surface area contributed by atoms with Gasteiger partial charge in [-0.25, -0.2) is 0 Å². The monoisotopic (exact) mass is 316 g/mol. The number of nitrogens with zero attached hydrogens (tertiary/aromatic N) is 2. The topological polar surface area (TPSA) is 17.8 Å². The third-order valence-electron chi connectivity index (χ3n) is 3.47. The fourth-order valence-electron chi connectivity index (χ4n) is 2.31. The lowest BCUT2D eigenvalue weighted by Gasteiger charge is -2.06. The maximum atomic E-state index is 6.22. The number of hydrogen-bond donors (Lipinski definition) is 0. The second-order valence-corrected chi connectivity index (χ2v) is 5.84. The predicted octanol–water partition coefficient (Wildman–Crippen LogP) is 5.21. The quantitative estimate of drug-likeness (QED) is 0.648. The Balaban J connectivity index is 1.87. The van der Waals surface area contributed by atoms with Gasteiger partial charge in [-0.2, -0.15) is 0 Å². The first kappa shape index (κ1) is 14.2. The fourth-order valence-corrected chi connectivity index (χ4v) is 2.78. The van der Waals surface area contributed by atoms with Gasteiger partial charge in [-0.1, -0.05) is 29.3 Å². The fraction of sp³-hybridized carbons (Fsp3) is 0.118. The molecule has 0 bridgehead atoms. The average molecular weight is 317 g/mol. The first-order chi connectivity index (χ1) is 10.1. The Morgan fingerprint density at radius 2 is 2.00 bits per heavy atom. The highest BCUT2D eigenvalue weighted by molar-refractivity contribution is 6.35. The van der Waals surface area contributed by atoms with Gasteiger partial charge in [-0.15, -0.1) is 0 Å². The van der Waals surface area contributed by atoms with E-state index in [2.05, 4.69) is 28.7 Å². The number of hydrogen-bond acceptors (Lipinski definition) is 1. The summed E-state index contributed by atoms with van der Waals surface area (Å²) < 4.78 is 2.11. The zero-order chi connectivity index (χ0) is 14.8. The van der Waals surface area contributed by atoms with E-state index in [0.29, 0.717) is 10.0 Å². The second-order valence-electron chi connectivity index (χ2n) is 5.00.